The first kappa shape index (κ1) is 12.1. The van der Waals surface area contributed by atoms with Gasteiger partial charge in [-0.05, 0) is 17.8 Å². The zero-order valence-corrected chi connectivity index (χ0v) is 8.50. The minimum Gasteiger partial charge on any atom is -0.390 e. The molecule has 0 unspecified atom stereocenters. The Morgan fingerprint density at radius 1 is 1.62 bits per heavy atom. The summed E-state index contributed by atoms with van der Waals surface area (Å²) < 4.78 is 1.41. The Balaban J connectivity index is 2.34. The fourth-order valence-electron chi connectivity index (χ4n) is 1.27. The molecule has 1 rings (SSSR count). The van der Waals surface area contributed by atoms with Crippen molar-refractivity contribution < 1.29 is 14.9 Å². The Hall–Kier alpha value is -1.96. The van der Waals surface area contributed by atoms with Crippen LogP contribution in [0.15, 0.2) is 12.4 Å². The number of unbranched alkanes of at least 4 members (excludes halogenated alkanes) is 1. The fourth-order valence-corrected chi connectivity index (χ4v) is 1.27. The molecule has 1 aromatic heterocycles. The number of carbonyl (C=O) groups excluding carboxylic acids is 1. The van der Waals surface area contributed by atoms with E-state index < -0.39 is 10.8 Å². The van der Waals surface area contributed by atoms with E-state index in [1.165, 1.54) is 22.4 Å². The molecule has 1 aromatic rings. The van der Waals surface area contributed by atoms with Crippen LogP contribution in [0.25, 0.3) is 0 Å². The predicted molar refractivity (Wildman–Crippen MR) is 52.7 cm³/mol. The molecule has 2 N–H and O–H groups in total. The summed E-state index contributed by atoms with van der Waals surface area (Å²) >= 11 is 0. The SMILES string of the molecule is O=C(CCCCn1ccnc1[N+](=O)[O-])NO. The Labute approximate surface area is 91.0 Å². The van der Waals surface area contributed by atoms with Gasteiger partial charge in [-0.2, -0.15) is 0 Å². The van der Waals surface area contributed by atoms with Crippen LogP contribution in [0.4, 0.5) is 5.95 Å². The second kappa shape index (κ2) is 5.81. The van der Waals surface area contributed by atoms with E-state index in [0.29, 0.717) is 19.4 Å². The van der Waals surface area contributed by atoms with E-state index in [0.717, 1.165) is 0 Å². The highest BCUT2D eigenvalue weighted by molar-refractivity contribution is 5.74. The lowest BCUT2D eigenvalue weighted by atomic mass is 10.2. The maximum Gasteiger partial charge on any atom is 0.434 e. The van der Waals surface area contributed by atoms with Crippen LogP contribution in [0, 0.1) is 10.1 Å². The average molecular weight is 228 g/mol. The number of imidazole rings is 1. The predicted octanol–water partition coefficient (Wildman–Crippen LogP) is 0.467. The average Bonchev–Trinajstić information content (AvgIpc) is 2.72. The molecule has 0 aliphatic rings. The van der Waals surface area contributed by atoms with Gasteiger partial charge >= 0.3 is 5.95 Å². The van der Waals surface area contributed by atoms with E-state index >= 15 is 0 Å². The third-order valence-corrected chi connectivity index (χ3v) is 2.03. The summed E-state index contributed by atoms with van der Waals surface area (Å²) in [6.07, 6.45) is 4.22. The number of rotatable bonds is 6. The standard InChI is InChI=1S/C8H12N4O4/c13-7(10-14)3-1-2-5-11-6-4-9-8(11)12(15)16/h4,6,14H,1-3,5H2,(H,10,13). The Bertz CT molecular complexity index is 376. The zero-order chi connectivity index (χ0) is 12.0. The van der Waals surface area contributed by atoms with Crippen LogP contribution in [-0.2, 0) is 11.3 Å². The van der Waals surface area contributed by atoms with Gasteiger partial charge in [-0.1, -0.05) is 4.98 Å². The van der Waals surface area contributed by atoms with Gasteiger partial charge in [-0.3, -0.25) is 10.0 Å². The molecule has 0 radical (unpaired) electrons. The maximum absolute atomic E-state index is 10.7. The second-order valence-corrected chi connectivity index (χ2v) is 3.17. The molecule has 0 bridgehead atoms. The summed E-state index contributed by atoms with van der Waals surface area (Å²) in [5, 5.41) is 18.7. The summed E-state index contributed by atoms with van der Waals surface area (Å²) in [4.78, 5) is 24.2. The van der Waals surface area contributed by atoms with E-state index in [1.54, 1.807) is 0 Å². The van der Waals surface area contributed by atoms with Crippen molar-refractivity contribution >= 4 is 11.9 Å². The third kappa shape index (κ3) is 3.31. The van der Waals surface area contributed by atoms with Gasteiger partial charge in [0.25, 0.3) is 0 Å². The van der Waals surface area contributed by atoms with Crippen LogP contribution in [0.5, 0.6) is 0 Å². The molecule has 0 atom stereocenters. The monoisotopic (exact) mass is 228 g/mol. The smallest absolute Gasteiger partial charge is 0.390 e. The molecule has 1 amide bonds. The van der Waals surface area contributed by atoms with Crippen molar-refractivity contribution in [2.75, 3.05) is 0 Å². The number of hydroxylamine groups is 1. The van der Waals surface area contributed by atoms with Crippen LogP contribution >= 0.6 is 0 Å². The number of aryl methyl sites for hydroxylation is 1. The van der Waals surface area contributed by atoms with Crippen molar-refractivity contribution in [2.24, 2.45) is 0 Å². The maximum atomic E-state index is 10.7. The summed E-state index contributed by atoms with van der Waals surface area (Å²) in [6, 6.07) is 0. The summed E-state index contributed by atoms with van der Waals surface area (Å²) in [7, 11) is 0. The van der Waals surface area contributed by atoms with Crippen molar-refractivity contribution in [1.82, 2.24) is 15.0 Å². The molecular weight excluding hydrogens is 216 g/mol. The zero-order valence-electron chi connectivity index (χ0n) is 8.50. The number of amides is 1. The molecule has 1 heterocycles. The largest absolute Gasteiger partial charge is 0.434 e. The topological polar surface area (TPSA) is 110 Å². The first-order valence-electron chi connectivity index (χ1n) is 4.73. The number of nitrogens with zero attached hydrogens (tertiary/aromatic N) is 3. The van der Waals surface area contributed by atoms with Gasteiger partial charge in [0.15, 0.2) is 0 Å². The fraction of sp³-hybridized carbons (Fsp3) is 0.500. The highest BCUT2D eigenvalue weighted by Crippen LogP contribution is 2.09. The quantitative estimate of drug-likeness (QED) is 0.318. The number of carbonyl (C=O) groups is 1. The normalized spacial score (nSPS) is 10.1. The van der Waals surface area contributed by atoms with Crippen molar-refractivity contribution in [3.8, 4) is 0 Å². The van der Waals surface area contributed by atoms with Crippen LogP contribution < -0.4 is 5.48 Å². The van der Waals surface area contributed by atoms with Crippen LogP contribution in [0.3, 0.4) is 0 Å². The van der Waals surface area contributed by atoms with Crippen molar-refractivity contribution in [2.45, 2.75) is 25.8 Å². The lowest BCUT2D eigenvalue weighted by Gasteiger charge is -2.01. The number of nitrogens with one attached hydrogen (secondary N) is 1. The molecule has 0 spiro atoms. The third-order valence-electron chi connectivity index (χ3n) is 2.03. The number of aromatic nitrogens is 2. The molecule has 16 heavy (non-hydrogen) atoms. The first-order valence-corrected chi connectivity index (χ1v) is 4.73. The molecule has 0 fully saturated rings. The van der Waals surface area contributed by atoms with Gasteiger partial charge in [-0.15, -0.1) is 0 Å². The van der Waals surface area contributed by atoms with E-state index in [2.05, 4.69) is 4.98 Å². The van der Waals surface area contributed by atoms with Gasteiger partial charge in [0.05, 0.1) is 6.54 Å². The second-order valence-electron chi connectivity index (χ2n) is 3.17. The van der Waals surface area contributed by atoms with E-state index in [9.17, 15) is 14.9 Å². The van der Waals surface area contributed by atoms with Crippen LogP contribution in [0.1, 0.15) is 19.3 Å². The van der Waals surface area contributed by atoms with Crippen molar-refractivity contribution in [1.29, 1.82) is 0 Å². The minimum atomic E-state index is -0.555. The molecule has 0 aromatic carbocycles. The van der Waals surface area contributed by atoms with Crippen molar-refractivity contribution in [3.05, 3.63) is 22.5 Å². The Kier molecular flexibility index (Phi) is 4.40. The van der Waals surface area contributed by atoms with Gasteiger partial charge in [-0.25, -0.2) is 10.0 Å². The molecule has 0 aliphatic carbocycles. The molecule has 0 aliphatic heterocycles. The minimum absolute atomic E-state index is 0.193. The van der Waals surface area contributed by atoms with E-state index in [1.807, 2.05) is 0 Å². The lowest BCUT2D eigenvalue weighted by Crippen LogP contribution is -2.18. The molecule has 0 saturated carbocycles. The first-order chi connectivity index (χ1) is 7.65. The highest BCUT2D eigenvalue weighted by Gasteiger charge is 2.13. The van der Waals surface area contributed by atoms with Gasteiger partial charge in [0.2, 0.25) is 5.91 Å². The highest BCUT2D eigenvalue weighted by atomic mass is 16.6. The van der Waals surface area contributed by atoms with E-state index in [4.69, 9.17) is 5.21 Å². The van der Waals surface area contributed by atoms with E-state index in [-0.39, 0.29) is 12.4 Å². The molecular formula is C8H12N4O4. The van der Waals surface area contributed by atoms with Gasteiger partial charge in [0.1, 0.15) is 12.4 Å². The number of hydrogen-bond donors (Lipinski definition) is 2. The molecule has 0 saturated heterocycles. The number of hydrogen-bond acceptors (Lipinski definition) is 5. The number of nitro groups is 1. The molecule has 8 nitrogen and oxygen atoms in total. The van der Waals surface area contributed by atoms with Crippen LogP contribution in [-0.4, -0.2) is 25.6 Å². The Morgan fingerprint density at radius 2 is 2.38 bits per heavy atom. The summed E-state index contributed by atoms with van der Waals surface area (Å²) in [5.41, 5.74) is 1.52. The lowest BCUT2D eigenvalue weighted by molar-refractivity contribution is -0.396. The van der Waals surface area contributed by atoms with Crippen LogP contribution in [0.2, 0.25) is 0 Å². The summed E-state index contributed by atoms with van der Waals surface area (Å²) in [5.74, 6) is -0.660. The Morgan fingerprint density at radius 3 is 3.00 bits per heavy atom. The van der Waals surface area contributed by atoms with Gasteiger partial charge in [0, 0.05) is 6.42 Å². The van der Waals surface area contributed by atoms with Crippen molar-refractivity contribution in [3.63, 3.8) is 0 Å². The molecule has 88 valence electrons. The van der Waals surface area contributed by atoms with Gasteiger partial charge < -0.3 is 10.1 Å². The summed E-state index contributed by atoms with van der Waals surface area (Å²) in [6.45, 7) is 0.426. The molecule has 8 heteroatoms.